The van der Waals surface area contributed by atoms with Gasteiger partial charge in [-0.05, 0) is 30.4 Å². The summed E-state index contributed by atoms with van der Waals surface area (Å²) in [6.45, 7) is 2.21. The van der Waals surface area contributed by atoms with E-state index in [0.29, 0.717) is 11.3 Å². The van der Waals surface area contributed by atoms with Crippen molar-refractivity contribution in [2.75, 3.05) is 0 Å². The van der Waals surface area contributed by atoms with Crippen LogP contribution in [0.25, 0.3) is 0 Å². The van der Waals surface area contributed by atoms with E-state index in [1.807, 2.05) is 0 Å². The van der Waals surface area contributed by atoms with Crippen molar-refractivity contribution in [3.05, 3.63) is 35.4 Å². The minimum absolute atomic E-state index is 0.342. The number of hydrogen-bond acceptors (Lipinski definition) is 0. The predicted octanol–water partition coefficient (Wildman–Crippen LogP) is 4.90. The van der Waals surface area contributed by atoms with Crippen molar-refractivity contribution in [3.8, 4) is 0 Å². The summed E-state index contributed by atoms with van der Waals surface area (Å²) in [6, 6.07) is 9.00. The highest BCUT2D eigenvalue weighted by Crippen LogP contribution is 2.35. The second-order valence-corrected chi connectivity index (χ2v) is 5.42. The van der Waals surface area contributed by atoms with E-state index < -0.39 is 0 Å². The van der Waals surface area contributed by atoms with Crippen molar-refractivity contribution < 1.29 is 0 Å². The van der Waals surface area contributed by atoms with E-state index in [4.69, 9.17) is 11.6 Å². The summed E-state index contributed by atoms with van der Waals surface area (Å²) in [6.07, 6.45) is 7.56. The van der Waals surface area contributed by atoms with Crippen LogP contribution in [0.5, 0.6) is 0 Å². The zero-order valence-corrected chi connectivity index (χ0v) is 10.8. The van der Waals surface area contributed by atoms with Gasteiger partial charge in [-0.25, -0.2) is 0 Å². The molecule has 1 fully saturated rings. The summed E-state index contributed by atoms with van der Waals surface area (Å²) in [5.74, 6) is 0.579. The molecule has 0 spiro atoms. The van der Waals surface area contributed by atoms with Crippen molar-refractivity contribution in [3.63, 3.8) is 0 Å². The monoisotopic (exact) mass is 236 g/mol. The number of hydrogen-bond donors (Lipinski definition) is 0. The molecular weight excluding hydrogens is 216 g/mol. The van der Waals surface area contributed by atoms with Gasteiger partial charge in [0.2, 0.25) is 0 Å². The number of aryl methyl sites for hydroxylation is 1. The van der Waals surface area contributed by atoms with Crippen LogP contribution in [0.1, 0.15) is 56.1 Å². The van der Waals surface area contributed by atoms with Gasteiger partial charge in [0.05, 0.1) is 0 Å². The molecular formula is C15H21Cl. The Morgan fingerprint density at radius 3 is 2.81 bits per heavy atom. The highest BCUT2D eigenvalue weighted by molar-refractivity contribution is 6.21. The minimum Gasteiger partial charge on any atom is -0.122 e. The molecule has 0 N–H and O–H groups in total. The highest BCUT2D eigenvalue weighted by atomic mass is 35.5. The molecule has 0 radical (unpaired) electrons. The standard InChI is InChI=1S/C15H21Cl/c1-2-12-7-6-8-13(11-12)14-9-4-3-5-10-15(14)16/h6-8,11,14-15H,2-5,9-10H2,1H3. The fourth-order valence-electron chi connectivity index (χ4n) is 2.68. The third kappa shape index (κ3) is 2.79. The lowest BCUT2D eigenvalue weighted by Crippen LogP contribution is -2.11. The maximum Gasteiger partial charge on any atom is 0.0404 e. The Bertz CT molecular complexity index is 332. The topological polar surface area (TPSA) is 0 Å². The van der Waals surface area contributed by atoms with Gasteiger partial charge in [0, 0.05) is 11.3 Å². The molecule has 0 nitrogen and oxygen atoms in total. The quantitative estimate of drug-likeness (QED) is 0.506. The van der Waals surface area contributed by atoms with Gasteiger partial charge in [-0.1, -0.05) is 50.5 Å². The molecule has 2 unspecified atom stereocenters. The first kappa shape index (κ1) is 12.0. The smallest absolute Gasteiger partial charge is 0.0404 e. The molecule has 16 heavy (non-hydrogen) atoms. The number of alkyl halides is 1. The molecule has 88 valence electrons. The summed E-state index contributed by atoms with van der Waals surface area (Å²) in [4.78, 5) is 0. The molecule has 0 heterocycles. The van der Waals surface area contributed by atoms with Crippen LogP contribution in [0.2, 0.25) is 0 Å². The summed E-state index contributed by atoms with van der Waals surface area (Å²) in [5, 5.41) is 0.342. The SMILES string of the molecule is CCc1cccc(C2CCCCCC2Cl)c1. The van der Waals surface area contributed by atoms with Gasteiger partial charge < -0.3 is 0 Å². The molecule has 0 amide bonds. The Morgan fingerprint density at radius 2 is 2.00 bits per heavy atom. The van der Waals surface area contributed by atoms with Crippen molar-refractivity contribution in [2.45, 2.75) is 56.7 Å². The lowest BCUT2D eigenvalue weighted by Gasteiger charge is -2.20. The van der Waals surface area contributed by atoms with E-state index in [9.17, 15) is 0 Å². The van der Waals surface area contributed by atoms with Gasteiger partial charge in [-0.2, -0.15) is 0 Å². The zero-order valence-electron chi connectivity index (χ0n) is 10.1. The summed E-state index contributed by atoms with van der Waals surface area (Å²) < 4.78 is 0. The Hall–Kier alpha value is -0.490. The molecule has 0 saturated heterocycles. The fraction of sp³-hybridized carbons (Fsp3) is 0.600. The average Bonchev–Trinajstić information content (AvgIpc) is 2.54. The van der Waals surface area contributed by atoms with E-state index in [1.54, 1.807) is 0 Å². The lowest BCUT2D eigenvalue weighted by atomic mass is 9.90. The normalized spacial score (nSPS) is 26.4. The molecule has 1 aliphatic rings. The Labute approximate surface area is 104 Å². The summed E-state index contributed by atoms with van der Waals surface area (Å²) in [5.41, 5.74) is 2.90. The predicted molar refractivity (Wildman–Crippen MR) is 71.3 cm³/mol. The Kier molecular flexibility index (Phi) is 4.29. The second-order valence-electron chi connectivity index (χ2n) is 4.86. The second kappa shape index (κ2) is 5.72. The Morgan fingerprint density at radius 1 is 1.19 bits per heavy atom. The van der Waals surface area contributed by atoms with E-state index in [2.05, 4.69) is 31.2 Å². The summed E-state index contributed by atoms with van der Waals surface area (Å²) >= 11 is 6.52. The molecule has 1 heteroatoms. The maximum absolute atomic E-state index is 6.52. The molecule has 1 saturated carbocycles. The van der Waals surface area contributed by atoms with Crippen LogP contribution in [0.15, 0.2) is 24.3 Å². The highest BCUT2D eigenvalue weighted by Gasteiger charge is 2.23. The van der Waals surface area contributed by atoms with Crippen LogP contribution in [-0.4, -0.2) is 5.38 Å². The average molecular weight is 237 g/mol. The molecule has 1 aromatic carbocycles. The maximum atomic E-state index is 6.52. The lowest BCUT2D eigenvalue weighted by molar-refractivity contribution is 0.599. The first-order chi connectivity index (χ1) is 7.81. The van der Waals surface area contributed by atoms with Crippen molar-refractivity contribution in [1.82, 2.24) is 0 Å². The van der Waals surface area contributed by atoms with Crippen molar-refractivity contribution in [2.24, 2.45) is 0 Å². The van der Waals surface area contributed by atoms with Gasteiger partial charge in [0.25, 0.3) is 0 Å². The first-order valence-corrected chi connectivity index (χ1v) is 6.98. The number of rotatable bonds is 2. The summed E-state index contributed by atoms with van der Waals surface area (Å²) in [7, 11) is 0. The largest absolute Gasteiger partial charge is 0.122 e. The van der Waals surface area contributed by atoms with Crippen LogP contribution in [0, 0.1) is 0 Å². The van der Waals surface area contributed by atoms with Crippen LogP contribution in [0.3, 0.4) is 0 Å². The number of benzene rings is 1. The van der Waals surface area contributed by atoms with Gasteiger partial charge in [-0.3, -0.25) is 0 Å². The fourth-order valence-corrected chi connectivity index (χ4v) is 3.11. The molecule has 0 aromatic heterocycles. The zero-order chi connectivity index (χ0) is 11.4. The molecule has 2 atom stereocenters. The molecule has 0 aliphatic heterocycles. The van der Waals surface area contributed by atoms with Crippen molar-refractivity contribution >= 4 is 11.6 Å². The van der Waals surface area contributed by atoms with Gasteiger partial charge in [-0.15, -0.1) is 11.6 Å². The van der Waals surface area contributed by atoms with Crippen LogP contribution >= 0.6 is 11.6 Å². The van der Waals surface area contributed by atoms with Crippen LogP contribution < -0.4 is 0 Å². The van der Waals surface area contributed by atoms with Gasteiger partial charge >= 0.3 is 0 Å². The minimum atomic E-state index is 0.342. The van der Waals surface area contributed by atoms with Gasteiger partial charge in [0.1, 0.15) is 0 Å². The first-order valence-electron chi connectivity index (χ1n) is 6.54. The van der Waals surface area contributed by atoms with Gasteiger partial charge in [0.15, 0.2) is 0 Å². The van der Waals surface area contributed by atoms with Crippen molar-refractivity contribution in [1.29, 1.82) is 0 Å². The van der Waals surface area contributed by atoms with E-state index in [-0.39, 0.29) is 0 Å². The third-order valence-corrected chi connectivity index (χ3v) is 4.24. The van der Waals surface area contributed by atoms with Crippen LogP contribution in [-0.2, 0) is 6.42 Å². The number of halogens is 1. The van der Waals surface area contributed by atoms with E-state index in [0.717, 1.165) is 6.42 Å². The molecule has 2 rings (SSSR count). The van der Waals surface area contributed by atoms with E-state index in [1.165, 1.54) is 43.2 Å². The molecule has 0 bridgehead atoms. The molecule has 1 aliphatic carbocycles. The molecule has 1 aromatic rings. The van der Waals surface area contributed by atoms with E-state index >= 15 is 0 Å². The Balaban J connectivity index is 2.19. The van der Waals surface area contributed by atoms with Crippen LogP contribution in [0.4, 0.5) is 0 Å². The third-order valence-electron chi connectivity index (χ3n) is 3.72.